The van der Waals surface area contributed by atoms with Gasteiger partial charge < -0.3 is 25.2 Å². The second-order valence-corrected chi connectivity index (χ2v) is 5.04. The summed E-state index contributed by atoms with van der Waals surface area (Å²) in [7, 11) is 3.43. The van der Waals surface area contributed by atoms with Crippen LogP contribution in [-0.4, -0.2) is 74.8 Å². The van der Waals surface area contributed by atoms with Crippen LogP contribution >= 0.6 is 0 Å². The first-order valence-electron chi connectivity index (χ1n) is 7.14. The molecule has 20 heavy (non-hydrogen) atoms. The zero-order valence-electron chi connectivity index (χ0n) is 12.6. The molecule has 2 N–H and O–H groups in total. The van der Waals surface area contributed by atoms with Gasteiger partial charge in [0, 0.05) is 46.3 Å². The molecule has 0 bridgehead atoms. The van der Waals surface area contributed by atoms with Gasteiger partial charge in [-0.15, -0.1) is 0 Å². The summed E-state index contributed by atoms with van der Waals surface area (Å²) in [6.07, 6.45) is 1.62. The van der Waals surface area contributed by atoms with E-state index >= 15 is 0 Å². The van der Waals surface area contributed by atoms with E-state index in [1.54, 1.807) is 19.0 Å². The van der Waals surface area contributed by atoms with Gasteiger partial charge in [0.25, 0.3) is 0 Å². The van der Waals surface area contributed by atoms with Crippen molar-refractivity contribution in [1.82, 2.24) is 20.4 Å². The highest BCUT2D eigenvalue weighted by molar-refractivity contribution is 5.73. The van der Waals surface area contributed by atoms with Crippen molar-refractivity contribution in [3.8, 4) is 0 Å². The second-order valence-electron chi connectivity index (χ2n) is 5.04. The molecule has 7 heteroatoms. The first-order valence-corrected chi connectivity index (χ1v) is 7.14. The Labute approximate surface area is 120 Å². The van der Waals surface area contributed by atoms with Crippen molar-refractivity contribution in [2.75, 3.05) is 46.9 Å². The molecule has 1 rings (SSSR count). The monoisotopic (exact) mass is 286 g/mol. The van der Waals surface area contributed by atoms with Gasteiger partial charge in [-0.05, 0) is 19.8 Å². The standard InChI is InChI=1S/C13H26N4O3/c1-4-20-13(19)17-9-5-11(6-10-17)14-7-8-15-12(18)16(2)3/h11,14H,4-10H2,1-3H3,(H,15,18). The lowest BCUT2D eigenvalue weighted by Gasteiger charge is -2.31. The van der Waals surface area contributed by atoms with Crippen LogP contribution in [0.5, 0.6) is 0 Å². The molecule has 0 aromatic rings. The zero-order valence-corrected chi connectivity index (χ0v) is 12.6. The maximum Gasteiger partial charge on any atom is 0.409 e. The van der Waals surface area contributed by atoms with Crippen LogP contribution < -0.4 is 10.6 Å². The fourth-order valence-corrected chi connectivity index (χ4v) is 2.08. The molecule has 0 aromatic heterocycles. The van der Waals surface area contributed by atoms with Gasteiger partial charge in [-0.25, -0.2) is 9.59 Å². The van der Waals surface area contributed by atoms with Crippen LogP contribution in [-0.2, 0) is 4.74 Å². The van der Waals surface area contributed by atoms with Crippen LogP contribution in [0, 0.1) is 0 Å². The van der Waals surface area contributed by atoms with Crippen LogP contribution in [0.15, 0.2) is 0 Å². The zero-order chi connectivity index (χ0) is 15.0. The first kappa shape index (κ1) is 16.6. The average Bonchev–Trinajstić information content (AvgIpc) is 2.44. The van der Waals surface area contributed by atoms with Gasteiger partial charge in [-0.3, -0.25) is 0 Å². The molecule has 1 saturated heterocycles. The van der Waals surface area contributed by atoms with E-state index in [0.29, 0.717) is 19.2 Å². The van der Waals surface area contributed by atoms with E-state index in [-0.39, 0.29) is 12.1 Å². The van der Waals surface area contributed by atoms with Gasteiger partial charge >= 0.3 is 12.1 Å². The summed E-state index contributed by atoms with van der Waals surface area (Å²) in [5.41, 5.74) is 0. The number of nitrogens with one attached hydrogen (secondary N) is 2. The second kappa shape index (κ2) is 8.63. The van der Waals surface area contributed by atoms with E-state index in [9.17, 15) is 9.59 Å². The van der Waals surface area contributed by atoms with Crippen molar-refractivity contribution in [2.24, 2.45) is 0 Å². The first-order chi connectivity index (χ1) is 9.54. The molecule has 1 fully saturated rings. The summed E-state index contributed by atoms with van der Waals surface area (Å²) in [4.78, 5) is 26.1. The van der Waals surface area contributed by atoms with Crippen molar-refractivity contribution in [3.63, 3.8) is 0 Å². The molecular formula is C13H26N4O3. The Morgan fingerprint density at radius 1 is 1.25 bits per heavy atom. The minimum Gasteiger partial charge on any atom is -0.450 e. The molecule has 1 heterocycles. The van der Waals surface area contributed by atoms with Gasteiger partial charge in [-0.2, -0.15) is 0 Å². The van der Waals surface area contributed by atoms with Crippen molar-refractivity contribution >= 4 is 12.1 Å². The Hall–Kier alpha value is -1.50. The molecule has 0 unspecified atom stereocenters. The van der Waals surface area contributed by atoms with Crippen LogP contribution in [0.4, 0.5) is 9.59 Å². The Morgan fingerprint density at radius 3 is 2.45 bits per heavy atom. The van der Waals surface area contributed by atoms with E-state index in [1.165, 1.54) is 4.90 Å². The topological polar surface area (TPSA) is 73.9 Å². The number of piperidine rings is 1. The summed E-state index contributed by atoms with van der Waals surface area (Å²) in [5, 5.41) is 6.20. The van der Waals surface area contributed by atoms with Gasteiger partial charge in [0.15, 0.2) is 0 Å². The number of amides is 3. The molecule has 0 spiro atoms. The van der Waals surface area contributed by atoms with Crippen LogP contribution in [0.1, 0.15) is 19.8 Å². The van der Waals surface area contributed by atoms with Crippen LogP contribution in [0.25, 0.3) is 0 Å². The third-order valence-electron chi connectivity index (χ3n) is 3.26. The smallest absolute Gasteiger partial charge is 0.409 e. The number of hydrogen-bond donors (Lipinski definition) is 2. The van der Waals surface area contributed by atoms with Crippen LogP contribution in [0.2, 0.25) is 0 Å². The van der Waals surface area contributed by atoms with E-state index < -0.39 is 0 Å². The summed E-state index contributed by atoms with van der Waals surface area (Å²) in [6.45, 7) is 5.02. The quantitative estimate of drug-likeness (QED) is 0.721. The highest BCUT2D eigenvalue weighted by atomic mass is 16.6. The molecule has 0 aromatic carbocycles. The van der Waals surface area contributed by atoms with E-state index in [1.807, 2.05) is 6.92 Å². The Bertz CT molecular complexity index is 315. The molecule has 116 valence electrons. The molecule has 1 aliphatic heterocycles. The predicted octanol–water partition coefficient (Wildman–Crippen LogP) is 0.468. The number of ether oxygens (including phenoxy) is 1. The lowest BCUT2D eigenvalue weighted by molar-refractivity contribution is 0.0951. The molecule has 7 nitrogen and oxygen atoms in total. The highest BCUT2D eigenvalue weighted by Gasteiger charge is 2.22. The molecule has 0 saturated carbocycles. The summed E-state index contributed by atoms with van der Waals surface area (Å²) in [6, 6.07) is 0.320. The van der Waals surface area contributed by atoms with Crippen molar-refractivity contribution in [1.29, 1.82) is 0 Å². The van der Waals surface area contributed by atoms with Crippen LogP contribution in [0.3, 0.4) is 0 Å². The number of likely N-dealkylation sites (tertiary alicyclic amines) is 1. The maximum atomic E-state index is 11.5. The number of hydrogen-bond acceptors (Lipinski definition) is 4. The third kappa shape index (κ3) is 5.64. The normalized spacial score (nSPS) is 15.8. The van der Waals surface area contributed by atoms with E-state index in [0.717, 1.165) is 32.5 Å². The molecule has 3 amide bonds. The van der Waals surface area contributed by atoms with Gasteiger partial charge in [-0.1, -0.05) is 0 Å². The average molecular weight is 286 g/mol. The summed E-state index contributed by atoms with van der Waals surface area (Å²) < 4.78 is 4.98. The number of urea groups is 1. The fraction of sp³-hybridized carbons (Fsp3) is 0.846. The Kier molecular flexibility index (Phi) is 7.14. The Balaban J connectivity index is 2.11. The van der Waals surface area contributed by atoms with Gasteiger partial charge in [0.1, 0.15) is 0 Å². The third-order valence-corrected chi connectivity index (χ3v) is 3.26. The molecule has 0 atom stereocenters. The number of carbonyl (C=O) groups is 2. The number of rotatable bonds is 5. The van der Waals surface area contributed by atoms with Gasteiger partial charge in [0.05, 0.1) is 6.61 Å². The van der Waals surface area contributed by atoms with Gasteiger partial charge in [0.2, 0.25) is 0 Å². The minimum atomic E-state index is -0.218. The maximum absolute atomic E-state index is 11.5. The molecule has 0 radical (unpaired) electrons. The summed E-state index contributed by atoms with van der Waals surface area (Å²) >= 11 is 0. The Morgan fingerprint density at radius 2 is 1.90 bits per heavy atom. The van der Waals surface area contributed by atoms with E-state index in [2.05, 4.69) is 10.6 Å². The SMILES string of the molecule is CCOC(=O)N1CCC(NCCNC(=O)N(C)C)CC1. The number of nitrogens with zero attached hydrogens (tertiary/aromatic N) is 2. The fourth-order valence-electron chi connectivity index (χ4n) is 2.08. The largest absolute Gasteiger partial charge is 0.450 e. The van der Waals surface area contributed by atoms with Crippen molar-refractivity contribution in [2.45, 2.75) is 25.8 Å². The molecular weight excluding hydrogens is 260 g/mol. The van der Waals surface area contributed by atoms with Crippen molar-refractivity contribution in [3.05, 3.63) is 0 Å². The van der Waals surface area contributed by atoms with E-state index in [4.69, 9.17) is 4.74 Å². The minimum absolute atomic E-state index is 0.0797. The number of carbonyl (C=O) groups excluding carboxylic acids is 2. The van der Waals surface area contributed by atoms with Crippen molar-refractivity contribution < 1.29 is 14.3 Å². The lowest BCUT2D eigenvalue weighted by atomic mass is 10.1. The highest BCUT2D eigenvalue weighted by Crippen LogP contribution is 2.11. The predicted molar refractivity (Wildman–Crippen MR) is 76.7 cm³/mol. The lowest BCUT2D eigenvalue weighted by Crippen LogP contribution is -2.47. The summed E-state index contributed by atoms with van der Waals surface area (Å²) in [5.74, 6) is 0. The molecule has 1 aliphatic rings. The molecule has 0 aliphatic carbocycles.